The van der Waals surface area contributed by atoms with E-state index in [-0.39, 0.29) is 6.61 Å². The molecular formula is C28H37FN4O12. The van der Waals surface area contributed by atoms with Gasteiger partial charge in [0.15, 0.2) is 5.78 Å². The number of nitrogens with one attached hydrogen (secondary N) is 4. The van der Waals surface area contributed by atoms with Crippen LogP contribution in [0.4, 0.5) is 9.18 Å². The summed E-state index contributed by atoms with van der Waals surface area (Å²) >= 11 is 0. The van der Waals surface area contributed by atoms with Gasteiger partial charge in [0.25, 0.3) is 0 Å². The van der Waals surface area contributed by atoms with Crippen LogP contribution in [-0.4, -0.2) is 95.7 Å². The molecule has 4 amide bonds. The molecule has 17 heteroatoms. The van der Waals surface area contributed by atoms with E-state index in [1.807, 2.05) is 0 Å². The van der Waals surface area contributed by atoms with E-state index in [4.69, 9.17) is 9.84 Å². The first-order valence-electron chi connectivity index (χ1n) is 13.7. The lowest BCUT2D eigenvalue weighted by Crippen LogP contribution is -2.59. The van der Waals surface area contributed by atoms with Crippen molar-refractivity contribution in [2.45, 2.75) is 70.3 Å². The maximum absolute atomic E-state index is 13.2. The molecule has 45 heavy (non-hydrogen) atoms. The zero-order chi connectivity index (χ0) is 34.1. The van der Waals surface area contributed by atoms with Crippen LogP contribution in [0, 0.1) is 5.92 Å². The van der Waals surface area contributed by atoms with E-state index in [0.29, 0.717) is 5.56 Å². The monoisotopic (exact) mass is 640 g/mol. The first-order valence-corrected chi connectivity index (χ1v) is 13.7. The van der Waals surface area contributed by atoms with Gasteiger partial charge < -0.3 is 41.0 Å². The van der Waals surface area contributed by atoms with Gasteiger partial charge in [-0.25, -0.2) is 9.18 Å². The van der Waals surface area contributed by atoms with Crippen molar-refractivity contribution in [3.63, 3.8) is 0 Å². The van der Waals surface area contributed by atoms with Gasteiger partial charge in [-0.15, -0.1) is 0 Å². The molecule has 4 atom stereocenters. The Kier molecular flexibility index (Phi) is 16.2. The van der Waals surface area contributed by atoms with Crippen LogP contribution >= 0.6 is 0 Å². The van der Waals surface area contributed by atoms with Crippen molar-refractivity contribution in [3.05, 3.63) is 35.9 Å². The molecule has 0 heterocycles. The summed E-state index contributed by atoms with van der Waals surface area (Å²) in [4.78, 5) is 97.7. The van der Waals surface area contributed by atoms with E-state index in [0.717, 1.165) is 7.11 Å². The highest BCUT2D eigenvalue weighted by molar-refractivity contribution is 5.97. The lowest BCUT2D eigenvalue weighted by atomic mass is 10.0. The number of amides is 4. The zero-order valence-electron chi connectivity index (χ0n) is 24.9. The summed E-state index contributed by atoms with van der Waals surface area (Å²) in [6.45, 7) is 1.29. The molecule has 1 rings (SSSR count). The van der Waals surface area contributed by atoms with Gasteiger partial charge in [0, 0.05) is 6.42 Å². The predicted molar refractivity (Wildman–Crippen MR) is 151 cm³/mol. The number of hydrogen-bond donors (Lipinski definition) is 6. The van der Waals surface area contributed by atoms with Crippen molar-refractivity contribution >= 4 is 47.5 Å². The molecule has 1 aromatic rings. The number of carboxylic acids is 2. The molecule has 0 fully saturated rings. The van der Waals surface area contributed by atoms with Crippen LogP contribution in [0.2, 0.25) is 0 Å². The SMILES string of the molecule is COC(=O)C[C@H](NC(=O)[C@@H](NC(=O)[C@H](CCC(=O)O)NC(=O)[C@H](CC(=O)O)NC(=O)OCc1ccccc1)C(C)C)C(=O)CF. The molecule has 0 unspecified atom stereocenters. The highest BCUT2D eigenvalue weighted by atomic mass is 19.1. The van der Waals surface area contributed by atoms with Crippen LogP contribution in [0.1, 0.15) is 45.1 Å². The Balaban J connectivity index is 3.09. The average Bonchev–Trinajstić information content (AvgIpc) is 2.99. The summed E-state index contributed by atoms with van der Waals surface area (Å²) < 4.78 is 22.5. The van der Waals surface area contributed by atoms with E-state index in [2.05, 4.69) is 26.0 Å². The molecule has 1 aromatic carbocycles. The number of esters is 1. The van der Waals surface area contributed by atoms with Crippen molar-refractivity contribution in [1.29, 1.82) is 0 Å². The summed E-state index contributed by atoms with van der Waals surface area (Å²) in [7, 11) is 1.02. The van der Waals surface area contributed by atoms with Gasteiger partial charge in [-0.3, -0.25) is 33.6 Å². The smallest absolute Gasteiger partial charge is 0.408 e. The topological polar surface area (TPSA) is 244 Å². The van der Waals surface area contributed by atoms with Gasteiger partial charge in [-0.1, -0.05) is 44.2 Å². The second-order valence-electron chi connectivity index (χ2n) is 10.0. The highest BCUT2D eigenvalue weighted by Gasteiger charge is 2.34. The third-order valence-electron chi connectivity index (χ3n) is 6.16. The van der Waals surface area contributed by atoms with Gasteiger partial charge in [0.2, 0.25) is 17.7 Å². The fourth-order valence-electron chi connectivity index (χ4n) is 3.74. The molecule has 0 saturated carbocycles. The maximum Gasteiger partial charge on any atom is 0.408 e. The fourth-order valence-corrected chi connectivity index (χ4v) is 3.74. The van der Waals surface area contributed by atoms with Crippen molar-refractivity contribution in [1.82, 2.24) is 21.3 Å². The second kappa shape index (κ2) is 19.2. The number of Topliss-reactive ketones (excluding diaryl/α,β-unsaturated/α-hetero) is 1. The summed E-state index contributed by atoms with van der Waals surface area (Å²) in [5.74, 6) is -8.80. The summed E-state index contributed by atoms with van der Waals surface area (Å²) in [6, 6.07) is 2.01. The number of carboxylic acid groups (broad SMARTS) is 2. The molecule has 0 aliphatic rings. The normalized spacial score (nSPS) is 13.3. The number of halogens is 1. The van der Waals surface area contributed by atoms with Gasteiger partial charge in [0.1, 0.15) is 37.4 Å². The minimum absolute atomic E-state index is 0.201. The minimum Gasteiger partial charge on any atom is -0.481 e. The number of benzene rings is 1. The van der Waals surface area contributed by atoms with E-state index in [1.54, 1.807) is 30.3 Å². The Hall–Kier alpha value is -5.09. The third kappa shape index (κ3) is 14.3. The molecule has 248 valence electrons. The first kappa shape index (κ1) is 37.9. The van der Waals surface area contributed by atoms with Crippen LogP contribution in [0.3, 0.4) is 0 Å². The highest BCUT2D eigenvalue weighted by Crippen LogP contribution is 2.08. The van der Waals surface area contributed by atoms with Crippen molar-refractivity contribution in [3.8, 4) is 0 Å². The van der Waals surface area contributed by atoms with Crippen LogP contribution in [-0.2, 0) is 49.6 Å². The molecule has 0 radical (unpaired) electrons. The van der Waals surface area contributed by atoms with E-state index in [9.17, 15) is 47.9 Å². The maximum atomic E-state index is 13.2. The van der Waals surface area contributed by atoms with Gasteiger partial charge in [-0.05, 0) is 17.9 Å². The summed E-state index contributed by atoms with van der Waals surface area (Å²) in [6.07, 6.45) is -3.91. The van der Waals surface area contributed by atoms with E-state index < -0.39 is 110 Å². The largest absolute Gasteiger partial charge is 0.481 e. The number of aliphatic carboxylic acids is 2. The van der Waals surface area contributed by atoms with Crippen LogP contribution in [0.15, 0.2) is 30.3 Å². The first-order chi connectivity index (χ1) is 21.2. The molecule has 0 aliphatic heterocycles. The van der Waals surface area contributed by atoms with E-state index >= 15 is 0 Å². The molecule has 0 bridgehead atoms. The quantitative estimate of drug-likeness (QED) is 0.108. The van der Waals surface area contributed by atoms with Gasteiger partial charge in [0.05, 0.1) is 20.0 Å². The molecular weight excluding hydrogens is 603 g/mol. The third-order valence-corrected chi connectivity index (χ3v) is 6.16. The standard InChI is InChI=1S/C28H37FN4O12/c1-15(2)24(27(42)31-18(20(34)13-29)12-23(39)44-3)33-25(40)17(9-10-21(35)36)30-26(41)19(11-22(37)38)32-28(43)45-14-16-7-5-4-6-8-16/h4-8,15,17-19,24H,9-14H2,1-3H3,(H,30,41)(H,31,42)(H,32,43)(H,33,40)(H,35,36)(H,37,38)/t17-,18-,19-,24-/m0/s1. The number of carbonyl (C=O) groups is 8. The second-order valence-corrected chi connectivity index (χ2v) is 10.0. The molecule has 0 spiro atoms. The number of methoxy groups -OCH3 is 1. The Labute approximate surface area is 257 Å². The predicted octanol–water partition coefficient (Wildman–Crippen LogP) is -0.167. The van der Waals surface area contributed by atoms with E-state index in [1.165, 1.54) is 13.8 Å². The number of alkyl halides is 1. The molecule has 0 saturated heterocycles. The molecule has 0 aromatic heterocycles. The number of hydrogen-bond acceptors (Lipinski definition) is 10. The molecule has 0 aliphatic carbocycles. The summed E-state index contributed by atoms with van der Waals surface area (Å²) in [5.41, 5.74) is 0.603. The van der Waals surface area contributed by atoms with Crippen LogP contribution in [0.25, 0.3) is 0 Å². The van der Waals surface area contributed by atoms with Crippen molar-refractivity contribution in [2.75, 3.05) is 13.8 Å². The number of ketones is 1. The Morgan fingerprint density at radius 3 is 1.91 bits per heavy atom. The number of alkyl carbamates (subject to hydrolysis) is 1. The Morgan fingerprint density at radius 1 is 0.778 bits per heavy atom. The lowest BCUT2D eigenvalue weighted by molar-refractivity contribution is -0.144. The zero-order valence-corrected chi connectivity index (χ0v) is 24.9. The minimum atomic E-state index is -1.75. The number of ether oxygens (including phenoxy) is 2. The fraction of sp³-hybridized carbons (Fsp3) is 0.500. The molecule has 6 N–H and O–H groups in total. The Morgan fingerprint density at radius 2 is 1.38 bits per heavy atom. The van der Waals surface area contributed by atoms with Gasteiger partial charge in [-0.2, -0.15) is 0 Å². The van der Waals surface area contributed by atoms with Crippen LogP contribution < -0.4 is 21.3 Å². The number of carbonyl (C=O) groups excluding carboxylic acids is 6. The number of rotatable bonds is 19. The van der Waals surface area contributed by atoms with Crippen LogP contribution in [0.5, 0.6) is 0 Å². The van der Waals surface area contributed by atoms with Gasteiger partial charge >= 0.3 is 24.0 Å². The molecule has 16 nitrogen and oxygen atoms in total. The Bertz CT molecular complexity index is 1230. The lowest BCUT2D eigenvalue weighted by Gasteiger charge is -2.27. The summed E-state index contributed by atoms with van der Waals surface area (Å²) in [5, 5.41) is 27.2. The van der Waals surface area contributed by atoms with Crippen molar-refractivity contribution in [2.24, 2.45) is 5.92 Å². The average molecular weight is 641 g/mol. The van der Waals surface area contributed by atoms with Crippen molar-refractivity contribution < 1.29 is 62.4 Å².